The minimum Gasteiger partial charge on any atom is -0.339 e. The van der Waals surface area contributed by atoms with Gasteiger partial charge in [0.05, 0.1) is 0 Å². The molecule has 1 saturated heterocycles. The van der Waals surface area contributed by atoms with Crippen LogP contribution in [0.5, 0.6) is 0 Å². The summed E-state index contributed by atoms with van der Waals surface area (Å²) in [5, 5.41) is 5.42. The summed E-state index contributed by atoms with van der Waals surface area (Å²) in [7, 11) is -3.86. The number of piperazine rings is 1. The highest BCUT2D eigenvalue weighted by atomic mass is 32.2. The van der Waals surface area contributed by atoms with E-state index in [4.69, 9.17) is 0 Å². The van der Waals surface area contributed by atoms with Gasteiger partial charge in [0.25, 0.3) is 0 Å². The number of nitrogens with one attached hydrogen (secondary N) is 2. The maximum absolute atomic E-state index is 12.8. The van der Waals surface area contributed by atoms with E-state index in [1.807, 2.05) is 0 Å². The molecule has 7 nitrogen and oxygen atoms in total. The molecule has 0 aromatic heterocycles. The van der Waals surface area contributed by atoms with Gasteiger partial charge in [-0.2, -0.15) is 0 Å². The van der Waals surface area contributed by atoms with E-state index in [9.17, 15) is 22.4 Å². The number of carbonyl (C=O) groups is 2. The van der Waals surface area contributed by atoms with Gasteiger partial charge >= 0.3 is 0 Å². The third-order valence-corrected chi connectivity index (χ3v) is 4.68. The molecule has 0 radical (unpaired) electrons. The Labute approximate surface area is 133 Å². The molecule has 1 aliphatic heterocycles. The third kappa shape index (κ3) is 5.61. The van der Waals surface area contributed by atoms with E-state index in [1.54, 1.807) is 0 Å². The molecule has 1 heterocycles. The molecule has 0 saturated carbocycles. The molecule has 1 aliphatic rings. The minimum absolute atomic E-state index is 0.292. The maximum atomic E-state index is 12.8. The van der Waals surface area contributed by atoms with Crippen LogP contribution in [0.2, 0.25) is 0 Å². The molecular weight excluding hydrogens is 325 g/mol. The fourth-order valence-electron chi connectivity index (χ4n) is 2.17. The zero-order valence-corrected chi connectivity index (χ0v) is 13.2. The molecule has 0 unspecified atom stereocenters. The highest BCUT2D eigenvalue weighted by molar-refractivity contribution is 7.92. The van der Waals surface area contributed by atoms with Crippen LogP contribution in [0.25, 0.3) is 0 Å². The lowest BCUT2D eigenvalue weighted by Crippen LogP contribution is -2.48. The summed E-state index contributed by atoms with van der Waals surface area (Å²) in [4.78, 5) is 25.2. The van der Waals surface area contributed by atoms with E-state index >= 15 is 0 Å². The first kappa shape index (κ1) is 17.4. The summed E-state index contributed by atoms with van der Waals surface area (Å²) in [5.74, 6) is -3.20. The SMILES string of the molecule is O=C(CS(=O)(=O)CC(=O)N1CCNCC1)Nc1ccc(F)cc1. The summed E-state index contributed by atoms with van der Waals surface area (Å²) in [6.45, 7) is 2.15. The number of nitrogens with zero attached hydrogens (tertiary/aromatic N) is 1. The molecule has 2 N–H and O–H groups in total. The number of benzene rings is 1. The Hall–Kier alpha value is -2.00. The van der Waals surface area contributed by atoms with E-state index in [2.05, 4.69) is 10.6 Å². The van der Waals surface area contributed by atoms with Crippen molar-refractivity contribution in [3.05, 3.63) is 30.1 Å². The highest BCUT2D eigenvalue weighted by Gasteiger charge is 2.25. The summed E-state index contributed by atoms with van der Waals surface area (Å²) in [6.07, 6.45) is 0. The van der Waals surface area contributed by atoms with Crippen molar-refractivity contribution in [1.29, 1.82) is 0 Å². The second-order valence-corrected chi connectivity index (χ2v) is 7.28. The second-order valence-electron chi connectivity index (χ2n) is 5.22. The lowest BCUT2D eigenvalue weighted by atomic mass is 10.3. The predicted octanol–water partition coefficient (Wildman–Crippen LogP) is -0.389. The average Bonchev–Trinajstić information content (AvgIpc) is 2.49. The Morgan fingerprint density at radius 1 is 1.13 bits per heavy atom. The van der Waals surface area contributed by atoms with Gasteiger partial charge in [-0.3, -0.25) is 9.59 Å². The lowest BCUT2D eigenvalue weighted by Gasteiger charge is -2.27. The van der Waals surface area contributed by atoms with E-state index in [0.29, 0.717) is 31.9 Å². The largest absolute Gasteiger partial charge is 0.339 e. The predicted molar refractivity (Wildman–Crippen MR) is 83.1 cm³/mol. The number of sulfone groups is 1. The Balaban J connectivity index is 1.88. The highest BCUT2D eigenvalue weighted by Crippen LogP contribution is 2.08. The second kappa shape index (κ2) is 7.51. The van der Waals surface area contributed by atoms with Crippen molar-refractivity contribution in [3.63, 3.8) is 0 Å². The molecule has 0 aliphatic carbocycles. The molecule has 0 bridgehead atoms. The standard InChI is InChI=1S/C14H18FN3O4S/c15-11-1-3-12(4-2-11)17-13(19)9-23(21,22)10-14(20)18-7-5-16-6-8-18/h1-4,16H,5-10H2,(H,17,19). The molecule has 1 aromatic rings. The van der Waals surface area contributed by atoms with Crippen molar-refractivity contribution in [2.75, 3.05) is 43.0 Å². The maximum Gasteiger partial charge on any atom is 0.239 e. The van der Waals surface area contributed by atoms with Crippen molar-refractivity contribution < 1.29 is 22.4 Å². The zero-order chi connectivity index (χ0) is 16.9. The first-order valence-electron chi connectivity index (χ1n) is 7.10. The topological polar surface area (TPSA) is 95.6 Å². The van der Waals surface area contributed by atoms with Gasteiger partial charge in [-0.1, -0.05) is 0 Å². The van der Waals surface area contributed by atoms with E-state index in [-0.39, 0.29) is 0 Å². The summed E-state index contributed by atoms with van der Waals surface area (Å²) < 4.78 is 36.7. The van der Waals surface area contributed by atoms with Crippen molar-refractivity contribution in [3.8, 4) is 0 Å². The summed E-state index contributed by atoms with van der Waals surface area (Å²) >= 11 is 0. The van der Waals surface area contributed by atoms with Gasteiger partial charge in [0.2, 0.25) is 11.8 Å². The van der Waals surface area contributed by atoms with Crippen LogP contribution in [0.15, 0.2) is 24.3 Å². The lowest BCUT2D eigenvalue weighted by molar-refractivity contribution is -0.128. The Kier molecular flexibility index (Phi) is 5.67. The normalized spacial score (nSPS) is 15.3. The van der Waals surface area contributed by atoms with Crippen LogP contribution in [0.4, 0.5) is 10.1 Å². The number of amides is 2. The van der Waals surface area contributed by atoms with Gasteiger partial charge in [-0.25, -0.2) is 12.8 Å². The Morgan fingerprint density at radius 3 is 2.35 bits per heavy atom. The average molecular weight is 343 g/mol. The fraction of sp³-hybridized carbons (Fsp3) is 0.429. The van der Waals surface area contributed by atoms with Crippen LogP contribution < -0.4 is 10.6 Å². The van der Waals surface area contributed by atoms with Gasteiger partial charge < -0.3 is 15.5 Å². The molecule has 0 atom stereocenters. The number of halogens is 1. The number of hydrogen-bond acceptors (Lipinski definition) is 5. The van der Waals surface area contributed by atoms with Crippen molar-refractivity contribution in [1.82, 2.24) is 10.2 Å². The molecule has 23 heavy (non-hydrogen) atoms. The Morgan fingerprint density at radius 2 is 1.74 bits per heavy atom. The minimum atomic E-state index is -3.86. The van der Waals surface area contributed by atoms with Gasteiger partial charge in [0, 0.05) is 31.9 Å². The first-order valence-corrected chi connectivity index (χ1v) is 8.92. The van der Waals surface area contributed by atoms with E-state index in [0.717, 1.165) is 12.1 Å². The smallest absolute Gasteiger partial charge is 0.239 e. The molecule has 2 rings (SSSR count). The monoisotopic (exact) mass is 343 g/mol. The molecular formula is C14H18FN3O4S. The van der Waals surface area contributed by atoms with Crippen molar-refractivity contribution in [2.45, 2.75) is 0 Å². The van der Waals surface area contributed by atoms with Crippen LogP contribution in [-0.2, 0) is 19.4 Å². The first-order chi connectivity index (χ1) is 10.9. The number of rotatable bonds is 5. The van der Waals surface area contributed by atoms with Gasteiger partial charge in [-0.15, -0.1) is 0 Å². The van der Waals surface area contributed by atoms with Gasteiger partial charge in [0.1, 0.15) is 17.3 Å². The summed E-state index contributed by atoms with van der Waals surface area (Å²) in [6, 6.07) is 4.95. The molecule has 2 amide bonds. The number of anilines is 1. The van der Waals surface area contributed by atoms with Crippen LogP contribution in [0, 0.1) is 5.82 Å². The number of hydrogen-bond donors (Lipinski definition) is 2. The van der Waals surface area contributed by atoms with Gasteiger partial charge in [-0.05, 0) is 24.3 Å². The summed E-state index contributed by atoms with van der Waals surface area (Å²) in [5.41, 5.74) is 0.292. The quantitative estimate of drug-likeness (QED) is 0.759. The van der Waals surface area contributed by atoms with Crippen LogP contribution in [0.3, 0.4) is 0 Å². The van der Waals surface area contributed by atoms with E-state index in [1.165, 1.54) is 17.0 Å². The van der Waals surface area contributed by atoms with Crippen molar-refractivity contribution in [2.24, 2.45) is 0 Å². The molecule has 1 aromatic carbocycles. The Bertz CT molecular complexity index is 670. The molecule has 9 heteroatoms. The fourth-order valence-corrected chi connectivity index (χ4v) is 3.31. The van der Waals surface area contributed by atoms with Crippen LogP contribution in [0.1, 0.15) is 0 Å². The molecule has 126 valence electrons. The van der Waals surface area contributed by atoms with E-state index < -0.39 is 39.0 Å². The number of carbonyl (C=O) groups excluding carboxylic acids is 2. The molecule has 1 fully saturated rings. The van der Waals surface area contributed by atoms with Gasteiger partial charge in [0.15, 0.2) is 9.84 Å². The zero-order valence-electron chi connectivity index (χ0n) is 12.4. The van der Waals surface area contributed by atoms with Crippen LogP contribution in [-0.4, -0.2) is 62.8 Å². The van der Waals surface area contributed by atoms with Crippen molar-refractivity contribution >= 4 is 27.3 Å². The van der Waals surface area contributed by atoms with Crippen LogP contribution >= 0.6 is 0 Å². The molecule has 0 spiro atoms. The third-order valence-electron chi connectivity index (χ3n) is 3.29.